The van der Waals surface area contributed by atoms with E-state index in [1.807, 2.05) is 23.9 Å². The Bertz CT molecular complexity index is 462. The first-order chi connectivity index (χ1) is 7.81. The number of anilines is 1. The summed E-state index contributed by atoms with van der Waals surface area (Å²) in [6, 6.07) is 8.25. The van der Waals surface area contributed by atoms with E-state index in [-0.39, 0.29) is 0 Å². The Hall–Kier alpha value is -1.09. The van der Waals surface area contributed by atoms with Crippen molar-refractivity contribution < 1.29 is 0 Å². The summed E-state index contributed by atoms with van der Waals surface area (Å²) in [6.07, 6.45) is 3.38. The molecule has 1 aromatic heterocycles. The van der Waals surface area contributed by atoms with Gasteiger partial charge in [0.05, 0.1) is 0 Å². The van der Waals surface area contributed by atoms with Crippen LogP contribution in [0, 0.1) is 0 Å². The molecule has 2 nitrogen and oxygen atoms in total. The summed E-state index contributed by atoms with van der Waals surface area (Å²) in [6.45, 7) is 3.30. The standard InChI is InChI=1S/C13H18N2S/c1-2-16-9-3-7-15-8-6-11-10-12(14)4-5-13(11)15/h4-6,8,10H,2-3,7,9,14H2,1H3. The van der Waals surface area contributed by atoms with Crippen molar-refractivity contribution in [3.05, 3.63) is 30.5 Å². The number of nitrogens with zero attached hydrogens (tertiary/aromatic N) is 1. The number of nitrogens with two attached hydrogens (primary N) is 1. The van der Waals surface area contributed by atoms with Gasteiger partial charge in [-0.1, -0.05) is 6.92 Å². The van der Waals surface area contributed by atoms with Crippen LogP contribution in [0.3, 0.4) is 0 Å². The summed E-state index contributed by atoms with van der Waals surface area (Å²) in [5, 5.41) is 1.24. The van der Waals surface area contributed by atoms with Crippen LogP contribution in [0.25, 0.3) is 10.9 Å². The lowest BCUT2D eigenvalue weighted by Gasteiger charge is -2.05. The van der Waals surface area contributed by atoms with Gasteiger partial charge in [0.2, 0.25) is 0 Å². The molecule has 0 radical (unpaired) electrons. The molecule has 2 aromatic rings. The van der Waals surface area contributed by atoms with E-state index in [1.54, 1.807) is 0 Å². The molecule has 0 amide bonds. The Morgan fingerprint density at radius 3 is 3.00 bits per heavy atom. The number of thioether (sulfide) groups is 1. The van der Waals surface area contributed by atoms with Crippen LogP contribution in [0.1, 0.15) is 13.3 Å². The third-order valence-electron chi connectivity index (χ3n) is 2.69. The lowest BCUT2D eigenvalue weighted by atomic mass is 10.2. The monoisotopic (exact) mass is 234 g/mol. The average molecular weight is 234 g/mol. The Kier molecular flexibility index (Phi) is 3.78. The fourth-order valence-electron chi connectivity index (χ4n) is 1.89. The zero-order chi connectivity index (χ0) is 11.4. The van der Waals surface area contributed by atoms with E-state index in [0.29, 0.717) is 0 Å². The van der Waals surface area contributed by atoms with Crippen molar-refractivity contribution in [1.29, 1.82) is 0 Å². The van der Waals surface area contributed by atoms with Gasteiger partial charge in [-0.25, -0.2) is 0 Å². The number of aryl methyl sites for hydroxylation is 1. The number of rotatable bonds is 5. The Morgan fingerprint density at radius 2 is 2.19 bits per heavy atom. The Labute approximate surface area is 101 Å². The summed E-state index contributed by atoms with van der Waals surface area (Å²) in [7, 11) is 0. The van der Waals surface area contributed by atoms with E-state index < -0.39 is 0 Å². The van der Waals surface area contributed by atoms with Crippen LogP contribution in [0.2, 0.25) is 0 Å². The number of fused-ring (bicyclic) bond motifs is 1. The maximum Gasteiger partial charge on any atom is 0.0481 e. The molecule has 0 aliphatic rings. The first-order valence-corrected chi connectivity index (χ1v) is 6.89. The van der Waals surface area contributed by atoms with Crippen molar-refractivity contribution in [2.24, 2.45) is 0 Å². The van der Waals surface area contributed by atoms with Crippen molar-refractivity contribution in [3.8, 4) is 0 Å². The maximum absolute atomic E-state index is 5.76. The summed E-state index contributed by atoms with van der Waals surface area (Å²) in [5.74, 6) is 2.45. The maximum atomic E-state index is 5.76. The van der Waals surface area contributed by atoms with E-state index in [0.717, 1.165) is 12.2 Å². The molecule has 86 valence electrons. The third kappa shape index (κ3) is 2.53. The van der Waals surface area contributed by atoms with Gasteiger partial charge in [-0.15, -0.1) is 0 Å². The fourth-order valence-corrected chi connectivity index (χ4v) is 2.52. The highest BCUT2D eigenvalue weighted by atomic mass is 32.2. The van der Waals surface area contributed by atoms with Gasteiger partial charge in [0, 0.05) is 29.3 Å². The molecule has 0 saturated carbocycles. The highest BCUT2D eigenvalue weighted by Crippen LogP contribution is 2.19. The number of aromatic nitrogens is 1. The summed E-state index contributed by atoms with van der Waals surface area (Å²) in [4.78, 5) is 0. The van der Waals surface area contributed by atoms with Crippen molar-refractivity contribution in [2.75, 3.05) is 17.2 Å². The van der Waals surface area contributed by atoms with Crippen LogP contribution >= 0.6 is 11.8 Å². The van der Waals surface area contributed by atoms with E-state index >= 15 is 0 Å². The Morgan fingerprint density at radius 1 is 1.31 bits per heavy atom. The van der Waals surface area contributed by atoms with Crippen LogP contribution in [0.4, 0.5) is 5.69 Å². The van der Waals surface area contributed by atoms with Gasteiger partial charge in [0.1, 0.15) is 0 Å². The molecule has 2 N–H and O–H groups in total. The summed E-state index contributed by atoms with van der Waals surface area (Å²) >= 11 is 2.00. The van der Waals surface area contributed by atoms with Crippen molar-refractivity contribution >= 4 is 28.4 Å². The summed E-state index contributed by atoms with van der Waals surface area (Å²) < 4.78 is 2.31. The highest BCUT2D eigenvalue weighted by Gasteiger charge is 2.00. The molecular weight excluding hydrogens is 216 g/mol. The van der Waals surface area contributed by atoms with Crippen LogP contribution in [0.15, 0.2) is 30.5 Å². The molecule has 0 unspecified atom stereocenters. The molecule has 1 aromatic carbocycles. The van der Waals surface area contributed by atoms with Crippen LogP contribution in [-0.4, -0.2) is 16.1 Å². The molecule has 16 heavy (non-hydrogen) atoms. The number of nitrogen functional groups attached to an aromatic ring is 1. The van der Waals surface area contributed by atoms with Gasteiger partial charge < -0.3 is 10.3 Å². The molecule has 1 heterocycles. The average Bonchev–Trinajstić information content (AvgIpc) is 2.67. The van der Waals surface area contributed by atoms with Crippen molar-refractivity contribution in [1.82, 2.24) is 4.57 Å². The van der Waals surface area contributed by atoms with Crippen LogP contribution in [0.5, 0.6) is 0 Å². The molecule has 2 rings (SSSR count). The zero-order valence-corrected chi connectivity index (χ0v) is 10.5. The van der Waals surface area contributed by atoms with E-state index in [1.165, 1.54) is 28.8 Å². The van der Waals surface area contributed by atoms with Crippen LogP contribution in [-0.2, 0) is 6.54 Å². The number of benzene rings is 1. The second kappa shape index (κ2) is 5.30. The van der Waals surface area contributed by atoms with E-state index in [2.05, 4.69) is 29.8 Å². The number of hydrogen-bond donors (Lipinski definition) is 1. The predicted octanol–water partition coefficient (Wildman–Crippen LogP) is 3.37. The second-order valence-corrected chi connectivity index (χ2v) is 5.27. The van der Waals surface area contributed by atoms with Gasteiger partial charge >= 0.3 is 0 Å². The topological polar surface area (TPSA) is 30.9 Å². The largest absolute Gasteiger partial charge is 0.399 e. The summed E-state index contributed by atoms with van der Waals surface area (Å²) in [5.41, 5.74) is 7.89. The molecular formula is C13H18N2S. The molecule has 0 saturated heterocycles. The van der Waals surface area contributed by atoms with E-state index in [9.17, 15) is 0 Å². The van der Waals surface area contributed by atoms with Gasteiger partial charge in [0.25, 0.3) is 0 Å². The van der Waals surface area contributed by atoms with Crippen molar-refractivity contribution in [3.63, 3.8) is 0 Å². The molecule has 0 aliphatic carbocycles. The Balaban J connectivity index is 2.07. The molecule has 0 spiro atoms. The van der Waals surface area contributed by atoms with Gasteiger partial charge in [0.15, 0.2) is 0 Å². The van der Waals surface area contributed by atoms with Crippen LogP contribution < -0.4 is 5.73 Å². The molecule has 0 bridgehead atoms. The molecule has 0 fully saturated rings. The predicted molar refractivity (Wildman–Crippen MR) is 74.0 cm³/mol. The minimum absolute atomic E-state index is 0.840. The minimum Gasteiger partial charge on any atom is -0.399 e. The molecule has 0 aliphatic heterocycles. The smallest absolute Gasteiger partial charge is 0.0481 e. The molecule has 3 heteroatoms. The first kappa shape index (κ1) is 11.4. The fraction of sp³-hybridized carbons (Fsp3) is 0.385. The lowest BCUT2D eigenvalue weighted by Crippen LogP contribution is -1.97. The van der Waals surface area contributed by atoms with Gasteiger partial charge in [-0.2, -0.15) is 11.8 Å². The quantitative estimate of drug-likeness (QED) is 0.635. The van der Waals surface area contributed by atoms with Crippen molar-refractivity contribution in [2.45, 2.75) is 19.9 Å². The highest BCUT2D eigenvalue weighted by molar-refractivity contribution is 7.99. The zero-order valence-electron chi connectivity index (χ0n) is 9.65. The van der Waals surface area contributed by atoms with Gasteiger partial charge in [-0.3, -0.25) is 0 Å². The number of hydrogen-bond acceptors (Lipinski definition) is 2. The molecule has 0 atom stereocenters. The minimum atomic E-state index is 0.840. The second-order valence-electron chi connectivity index (χ2n) is 3.88. The third-order valence-corrected chi connectivity index (χ3v) is 3.67. The van der Waals surface area contributed by atoms with Gasteiger partial charge in [-0.05, 0) is 42.2 Å². The van der Waals surface area contributed by atoms with E-state index in [4.69, 9.17) is 5.73 Å². The lowest BCUT2D eigenvalue weighted by molar-refractivity contribution is 0.709. The SMILES string of the molecule is CCSCCCn1ccc2cc(N)ccc21. The first-order valence-electron chi connectivity index (χ1n) is 5.73. The normalized spacial score (nSPS) is 11.1.